The van der Waals surface area contributed by atoms with Gasteiger partial charge in [0.2, 0.25) is 0 Å². The Morgan fingerprint density at radius 2 is 1.86 bits per heavy atom. The molecule has 0 radical (unpaired) electrons. The summed E-state index contributed by atoms with van der Waals surface area (Å²) >= 11 is 13.7. The van der Waals surface area contributed by atoms with Gasteiger partial charge in [0.15, 0.2) is 5.13 Å². The fraction of sp³-hybridized carbons (Fsp3) is 0.0690. The lowest BCUT2D eigenvalue weighted by atomic mass is 10.1. The maximum atomic E-state index is 13.0. The largest absolute Gasteiger partial charge is 0.342 e. The first kappa shape index (κ1) is 24.8. The summed E-state index contributed by atoms with van der Waals surface area (Å²) in [7, 11) is 0. The highest BCUT2D eigenvalue weighted by atomic mass is 35.5. The zero-order chi connectivity index (χ0) is 25.8. The summed E-state index contributed by atoms with van der Waals surface area (Å²) < 4.78 is 2.12. The third-order valence-electron chi connectivity index (χ3n) is 5.83. The third kappa shape index (κ3) is 5.76. The van der Waals surface area contributed by atoms with Crippen LogP contribution < -0.4 is 5.32 Å². The highest BCUT2D eigenvalue weighted by Crippen LogP contribution is 2.28. The van der Waals surface area contributed by atoms with Crippen LogP contribution in [0.5, 0.6) is 0 Å². The monoisotopic (exact) mass is 542 g/mol. The lowest BCUT2D eigenvalue weighted by molar-refractivity contribution is -0.112. The molecule has 1 N–H and O–H groups in total. The number of nitrogens with zero attached hydrogens (tertiary/aromatic N) is 3. The number of carbonyl (C=O) groups is 1. The molecular formula is C29H20Cl2N4OS. The number of hydrogen-bond donors (Lipinski definition) is 1. The first-order valence-electron chi connectivity index (χ1n) is 11.4. The molecule has 0 spiro atoms. The molecule has 1 amide bonds. The number of nitriles is 1. The fourth-order valence-corrected chi connectivity index (χ4v) is 5.29. The number of halogens is 2. The molecule has 3 aromatic carbocycles. The van der Waals surface area contributed by atoms with Crippen LogP contribution in [0.1, 0.15) is 21.6 Å². The Balaban J connectivity index is 1.36. The van der Waals surface area contributed by atoms with E-state index in [4.69, 9.17) is 23.2 Å². The molecule has 5 aromatic rings. The number of benzene rings is 3. The van der Waals surface area contributed by atoms with Crippen molar-refractivity contribution in [3.8, 4) is 6.07 Å². The molecule has 0 bridgehead atoms. The van der Waals surface area contributed by atoms with Crippen LogP contribution in [0.2, 0.25) is 10.0 Å². The van der Waals surface area contributed by atoms with E-state index >= 15 is 0 Å². The van der Waals surface area contributed by atoms with Crippen molar-refractivity contribution in [2.75, 3.05) is 5.32 Å². The van der Waals surface area contributed by atoms with E-state index in [1.54, 1.807) is 24.4 Å². The van der Waals surface area contributed by atoms with Crippen LogP contribution in [0.15, 0.2) is 90.8 Å². The first-order valence-corrected chi connectivity index (χ1v) is 13.0. The van der Waals surface area contributed by atoms with Crippen molar-refractivity contribution in [2.45, 2.75) is 13.0 Å². The van der Waals surface area contributed by atoms with Crippen LogP contribution in [0.4, 0.5) is 5.13 Å². The number of rotatable bonds is 7. The van der Waals surface area contributed by atoms with Gasteiger partial charge < -0.3 is 4.57 Å². The van der Waals surface area contributed by atoms with Crippen LogP contribution in [0.3, 0.4) is 0 Å². The van der Waals surface area contributed by atoms with Crippen molar-refractivity contribution >= 4 is 62.6 Å². The Labute approximate surface area is 228 Å². The Morgan fingerprint density at radius 3 is 2.68 bits per heavy atom. The number of para-hydroxylation sites is 1. The number of thiazole rings is 1. The van der Waals surface area contributed by atoms with E-state index in [0.29, 0.717) is 28.1 Å². The van der Waals surface area contributed by atoms with E-state index in [1.807, 2.05) is 60.8 Å². The van der Waals surface area contributed by atoms with Crippen molar-refractivity contribution in [3.63, 3.8) is 0 Å². The minimum Gasteiger partial charge on any atom is -0.342 e. The SMILES string of the molecule is N#CC(=Cc1cn(Cc2ccccc2)c2ccccc12)C(=O)Nc1ncc(Cc2cc(Cl)ccc2Cl)s1. The molecule has 0 saturated heterocycles. The third-order valence-corrected chi connectivity index (χ3v) is 7.34. The van der Waals surface area contributed by atoms with Gasteiger partial charge in [-0.05, 0) is 41.5 Å². The predicted molar refractivity (Wildman–Crippen MR) is 151 cm³/mol. The number of hydrogen-bond acceptors (Lipinski definition) is 4. The van der Waals surface area contributed by atoms with E-state index < -0.39 is 5.91 Å². The van der Waals surface area contributed by atoms with Gasteiger partial charge in [0.1, 0.15) is 11.6 Å². The summed E-state index contributed by atoms with van der Waals surface area (Å²) in [6, 6.07) is 25.4. The van der Waals surface area contributed by atoms with Gasteiger partial charge >= 0.3 is 0 Å². The van der Waals surface area contributed by atoms with Gasteiger partial charge in [-0.2, -0.15) is 5.26 Å². The van der Waals surface area contributed by atoms with Gasteiger partial charge in [0.25, 0.3) is 5.91 Å². The molecule has 8 heteroatoms. The second kappa shape index (κ2) is 11.0. The molecule has 182 valence electrons. The second-order valence-corrected chi connectivity index (χ2v) is 10.3. The number of nitrogens with one attached hydrogen (secondary N) is 1. The van der Waals surface area contributed by atoms with Crippen molar-refractivity contribution in [3.05, 3.63) is 122 Å². The van der Waals surface area contributed by atoms with E-state index in [0.717, 1.165) is 32.5 Å². The molecular weight excluding hydrogens is 523 g/mol. The van der Waals surface area contributed by atoms with Crippen molar-refractivity contribution < 1.29 is 4.79 Å². The summed E-state index contributed by atoms with van der Waals surface area (Å²) in [5, 5.41) is 15.1. The summed E-state index contributed by atoms with van der Waals surface area (Å²) in [6.45, 7) is 0.682. The van der Waals surface area contributed by atoms with E-state index in [-0.39, 0.29) is 5.57 Å². The van der Waals surface area contributed by atoms with Crippen LogP contribution in [0, 0.1) is 11.3 Å². The summed E-state index contributed by atoms with van der Waals surface area (Å²) in [4.78, 5) is 18.2. The Kier molecular flexibility index (Phi) is 7.38. The standard InChI is InChI=1S/C29H20Cl2N4OS/c30-23-10-11-26(31)20(13-23)14-24-16-33-29(37-24)34-28(36)21(15-32)12-22-18-35(17-19-6-2-1-3-7-19)27-9-5-4-8-25(22)27/h1-13,16,18H,14,17H2,(H,33,34,36). The second-order valence-electron chi connectivity index (χ2n) is 8.38. The molecule has 0 aliphatic carbocycles. The van der Waals surface area contributed by atoms with Gasteiger partial charge in [-0.3, -0.25) is 10.1 Å². The summed E-state index contributed by atoms with van der Waals surface area (Å²) in [6.07, 6.45) is 5.82. The van der Waals surface area contributed by atoms with Gasteiger partial charge in [-0.1, -0.05) is 71.7 Å². The van der Waals surface area contributed by atoms with Crippen molar-refractivity contribution in [1.82, 2.24) is 9.55 Å². The first-order chi connectivity index (χ1) is 18.0. The van der Waals surface area contributed by atoms with Crippen LogP contribution in [-0.4, -0.2) is 15.5 Å². The normalized spacial score (nSPS) is 11.4. The fourth-order valence-electron chi connectivity index (χ4n) is 4.08. The number of carbonyl (C=O) groups excluding carboxylic acids is 1. The molecule has 0 atom stereocenters. The van der Waals surface area contributed by atoms with Crippen LogP contribution in [-0.2, 0) is 17.8 Å². The highest BCUT2D eigenvalue weighted by Gasteiger charge is 2.15. The summed E-state index contributed by atoms with van der Waals surface area (Å²) in [5.41, 5.74) is 3.86. The highest BCUT2D eigenvalue weighted by molar-refractivity contribution is 7.15. The molecule has 5 nitrogen and oxygen atoms in total. The number of fused-ring (bicyclic) bond motifs is 1. The smallest absolute Gasteiger partial charge is 0.268 e. The number of amides is 1. The van der Waals surface area contributed by atoms with Crippen molar-refractivity contribution in [2.24, 2.45) is 0 Å². The Morgan fingerprint density at radius 1 is 1.08 bits per heavy atom. The van der Waals surface area contributed by atoms with Gasteiger partial charge in [0, 0.05) is 56.7 Å². The molecule has 0 aliphatic heterocycles. The lowest BCUT2D eigenvalue weighted by Crippen LogP contribution is -2.13. The zero-order valence-electron chi connectivity index (χ0n) is 19.5. The lowest BCUT2D eigenvalue weighted by Gasteiger charge is -2.05. The number of aromatic nitrogens is 2. The molecule has 0 unspecified atom stereocenters. The van der Waals surface area contributed by atoms with Crippen LogP contribution >= 0.6 is 34.5 Å². The molecule has 0 saturated carbocycles. The molecule has 0 aliphatic rings. The van der Waals surface area contributed by atoms with Gasteiger partial charge in [-0.25, -0.2) is 4.98 Å². The molecule has 5 rings (SSSR count). The Hall–Kier alpha value is -3.89. The van der Waals surface area contributed by atoms with Crippen LogP contribution in [0.25, 0.3) is 17.0 Å². The van der Waals surface area contributed by atoms with E-state index in [2.05, 4.69) is 27.0 Å². The summed E-state index contributed by atoms with van der Waals surface area (Å²) in [5.74, 6) is -0.510. The van der Waals surface area contributed by atoms with Gasteiger partial charge in [-0.15, -0.1) is 11.3 Å². The zero-order valence-corrected chi connectivity index (χ0v) is 21.8. The Bertz CT molecular complexity index is 1660. The maximum absolute atomic E-state index is 13.0. The predicted octanol–water partition coefficient (Wildman–Crippen LogP) is 7.59. The molecule has 0 fully saturated rings. The average molecular weight is 543 g/mol. The molecule has 2 heterocycles. The minimum absolute atomic E-state index is 0.00255. The maximum Gasteiger partial charge on any atom is 0.268 e. The average Bonchev–Trinajstić information content (AvgIpc) is 3.49. The van der Waals surface area contributed by atoms with E-state index in [1.165, 1.54) is 11.3 Å². The topological polar surface area (TPSA) is 70.7 Å². The quantitative estimate of drug-likeness (QED) is 0.170. The van der Waals surface area contributed by atoms with Crippen molar-refractivity contribution in [1.29, 1.82) is 5.26 Å². The van der Waals surface area contributed by atoms with E-state index in [9.17, 15) is 10.1 Å². The van der Waals surface area contributed by atoms with Gasteiger partial charge in [0.05, 0.1) is 0 Å². The molecule has 2 aromatic heterocycles. The number of anilines is 1. The molecule has 37 heavy (non-hydrogen) atoms. The minimum atomic E-state index is -0.510.